The quantitative estimate of drug-likeness (QED) is 0.876. The van der Waals surface area contributed by atoms with Gasteiger partial charge in [0.2, 0.25) is 5.95 Å². The molecule has 0 spiro atoms. The second-order valence-corrected chi connectivity index (χ2v) is 5.12. The van der Waals surface area contributed by atoms with Crippen LogP contribution in [0.2, 0.25) is 0 Å². The molecular formula is C13H12F2N2OS. The van der Waals surface area contributed by atoms with E-state index in [0.717, 1.165) is 23.6 Å². The highest BCUT2D eigenvalue weighted by Crippen LogP contribution is 2.17. The lowest BCUT2D eigenvalue weighted by Crippen LogP contribution is -2.24. The molecule has 0 unspecified atom stereocenters. The Kier molecular flexibility index (Phi) is 4.21. The van der Waals surface area contributed by atoms with Crippen molar-refractivity contribution in [2.24, 2.45) is 0 Å². The molecule has 100 valence electrons. The lowest BCUT2D eigenvalue weighted by molar-refractivity contribution is 0.0946. The number of halogens is 2. The van der Waals surface area contributed by atoms with Gasteiger partial charge >= 0.3 is 0 Å². The van der Waals surface area contributed by atoms with E-state index in [0.29, 0.717) is 6.54 Å². The molecule has 0 saturated heterocycles. The zero-order chi connectivity index (χ0) is 13.8. The van der Waals surface area contributed by atoms with Crippen LogP contribution in [0.5, 0.6) is 0 Å². The minimum Gasteiger partial charge on any atom is -0.347 e. The fraction of sp³-hybridized carbons (Fsp3) is 0.231. The number of thiophene rings is 1. The van der Waals surface area contributed by atoms with E-state index in [1.54, 1.807) is 11.3 Å². The molecule has 0 fully saturated rings. The first-order valence-corrected chi connectivity index (χ1v) is 6.59. The summed E-state index contributed by atoms with van der Waals surface area (Å²) in [5.74, 6) is -3.14. The summed E-state index contributed by atoms with van der Waals surface area (Å²) in [7, 11) is 0. The average Bonchev–Trinajstić information content (AvgIpc) is 2.87. The molecule has 0 saturated carbocycles. The third-order valence-corrected chi connectivity index (χ3v) is 3.81. The molecule has 2 rings (SSSR count). The van der Waals surface area contributed by atoms with Gasteiger partial charge in [0.25, 0.3) is 5.91 Å². The van der Waals surface area contributed by atoms with Crippen LogP contribution in [0.3, 0.4) is 0 Å². The van der Waals surface area contributed by atoms with Crippen LogP contribution in [0, 0.1) is 11.8 Å². The van der Waals surface area contributed by atoms with Crippen LogP contribution in [0.1, 0.15) is 27.0 Å². The predicted molar refractivity (Wildman–Crippen MR) is 69.0 cm³/mol. The first kappa shape index (κ1) is 13.6. The molecular weight excluding hydrogens is 270 g/mol. The van der Waals surface area contributed by atoms with Gasteiger partial charge in [-0.3, -0.25) is 4.79 Å². The van der Waals surface area contributed by atoms with Crippen molar-refractivity contribution in [1.82, 2.24) is 10.3 Å². The smallest absolute Gasteiger partial charge is 0.254 e. The maximum absolute atomic E-state index is 13.3. The van der Waals surface area contributed by atoms with Crippen molar-refractivity contribution in [3.63, 3.8) is 0 Å². The zero-order valence-corrected chi connectivity index (χ0v) is 11.1. The number of amides is 1. The number of pyridine rings is 1. The normalized spacial score (nSPS) is 10.5. The van der Waals surface area contributed by atoms with Gasteiger partial charge in [0.1, 0.15) is 0 Å². The van der Waals surface area contributed by atoms with E-state index >= 15 is 0 Å². The van der Waals surface area contributed by atoms with Gasteiger partial charge < -0.3 is 5.32 Å². The van der Waals surface area contributed by atoms with Crippen molar-refractivity contribution in [2.75, 3.05) is 0 Å². The molecule has 0 aliphatic rings. The van der Waals surface area contributed by atoms with Crippen LogP contribution >= 0.6 is 11.3 Å². The van der Waals surface area contributed by atoms with Crippen LogP contribution in [0.15, 0.2) is 24.4 Å². The van der Waals surface area contributed by atoms with E-state index in [9.17, 15) is 13.6 Å². The van der Waals surface area contributed by atoms with Gasteiger partial charge in [-0.1, -0.05) is 6.92 Å². The largest absolute Gasteiger partial charge is 0.347 e. The van der Waals surface area contributed by atoms with Gasteiger partial charge in [0.05, 0.1) is 12.1 Å². The standard InChI is InChI=1S/C13H12F2N2OS/c1-2-8-3-4-9(19-8)7-17-13(18)10-5-6-16-12(15)11(10)14/h3-6H,2,7H2,1H3,(H,17,18). The van der Waals surface area contributed by atoms with Gasteiger partial charge in [0, 0.05) is 16.0 Å². The molecule has 0 bridgehead atoms. The number of carbonyl (C=O) groups excluding carboxylic acids is 1. The lowest BCUT2D eigenvalue weighted by atomic mass is 10.2. The van der Waals surface area contributed by atoms with Crippen LogP contribution in [0.25, 0.3) is 0 Å². The van der Waals surface area contributed by atoms with Gasteiger partial charge in [0.15, 0.2) is 5.82 Å². The highest BCUT2D eigenvalue weighted by Gasteiger charge is 2.15. The number of hydrogen-bond donors (Lipinski definition) is 1. The van der Waals surface area contributed by atoms with Crippen molar-refractivity contribution >= 4 is 17.2 Å². The van der Waals surface area contributed by atoms with Crippen molar-refractivity contribution < 1.29 is 13.6 Å². The number of nitrogens with zero attached hydrogens (tertiary/aromatic N) is 1. The second kappa shape index (κ2) is 5.88. The zero-order valence-electron chi connectivity index (χ0n) is 10.2. The van der Waals surface area contributed by atoms with E-state index in [1.165, 1.54) is 4.88 Å². The van der Waals surface area contributed by atoms with Crippen LogP contribution in [-0.4, -0.2) is 10.9 Å². The summed E-state index contributed by atoms with van der Waals surface area (Å²) < 4.78 is 26.2. The third kappa shape index (κ3) is 3.14. The fourth-order valence-electron chi connectivity index (χ4n) is 1.56. The predicted octanol–water partition coefficient (Wildman–Crippen LogP) is 2.91. The van der Waals surface area contributed by atoms with Crippen LogP contribution < -0.4 is 5.32 Å². The molecule has 0 aromatic carbocycles. The number of aromatic nitrogens is 1. The van der Waals surface area contributed by atoms with Crippen molar-refractivity contribution in [3.05, 3.63) is 51.5 Å². The van der Waals surface area contributed by atoms with E-state index in [2.05, 4.69) is 10.3 Å². The molecule has 2 aromatic heterocycles. The Morgan fingerprint density at radius 1 is 1.32 bits per heavy atom. The Morgan fingerprint density at radius 3 is 2.74 bits per heavy atom. The molecule has 0 aliphatic heterocycles. The van der Waals surface area contributed by atoms with Gasteiger partial charge in [-0.05, 0) is 24.6 Å². The Balaban J connectivity index is 2.03. The summed E-state index contributed by atoms with van der Waals surface area (Å²) in [6.07, 6.45) is 2.00. The minimum absolute atomic E-state index is 0.298. The molecule has 0 aliphatic carbocycles. The summed E-state index contributed by atoms with van der Waals surface area (Å²) in [5.41, 5.74) is -0.334. The molecule has 0 atom stereocenters. The van der Waals surface area contributed by atoms with E-state index in [4.69, 9.17) is 0 Å². The Labute approximate surface area is 113 Å². The molecule has 2 heterocycles. The van der Waals surface area contributed by atoms with Gasteiger partial charge in [-0.2, -0.15) is 4.39 Å². The number of aryl methyl sites for hydroxylation is 1. The highest BCUT2D eigenvalue weighted by molar-refractivity contribution is 7.11. The number of hydrogen-bond acceptors (Lipinski definition) is 3. The summed E-state index contributed by atoms with van der Waals surface area (Å²) >= 11 is 1.58. The minimum atomic E-state index is -1.27. The fourth-order valence-corrected chi connectivity index (χ4v) is 2.46. The number of nitrogens with one attached hydrogen (secondary N) is 1. The molecule has 1 N–H and O–H groups in total. The highest BCUT2D eigenvalue weighted by atomic mass is 32.1. The van der Waals surface area contributed by atoms with Crippen LogP contribution in [-0.2, 0) is 13.0 Å². The number of carbonyl (C=O) groups is 1. The molecule has 19 heavy (non-hydrogen) atoms. The Bertz CT molecular complexity index is 598. The number of rotatable bonds is 4. The summed E-state index contributed by atoms with van der Waals surface area (Å²) in [6, 6.07) is 5.05. The van der Waals surface area contributed by atoms with Crippen molar-refractivity contribution in [1.29, 1.82) is 0 Å². The Hall–Kier alpha value is -1.82. The second-order valence-electron chi connectivity index (χ2n) is 3.87. The maximum Gasteiger partial charge on any atom is 0.254 e. The van der Waals surface area contributed by atoms with Gasteiger partial charge in [-0.25, -0.2) is 9.37 Å². The first-order chi connectivity index (χ1) is 9.11. The summed E-state index contributed by atoms with van der Waals surface area (Å²) in [4.78, 5) is 17.0. The van der Waals surface area contributed by atoms with E-state index in [-0.39, 0.29) is 5.56 Å². The Morgan fingerprint density at radius 2 is 2.05 bits per heavy atom. The average molecular weight is 282 g/mol. The molecule has 1 amide bonds. The third-order valence-electron chi connectivity index (χ3n) is 2.58. The molecule has 0 radical (unpaired) electrons. The maximum atomic E-state index is 13.3. The van der Waals surface area contributed by atoms with Crippen molar-refractivity contribution in [2.45, 2.75) is 19.9 Å². The summed E-state index contributed by atoms with van der Waals surface area (Å²) in [5, 5.41) is 2.56. The molecule has 6 heteroatoms. The SMILES string of the molecule is CCc1ccc(CNC(=O)c2ccnc(F)c2F)s1. The first-order valence-electron chi connectivity index (χ1n) is 5.77. The van der Waals surface area contributed by atoms with Crippen LogP contribution in [0.4, 0.5) is 8.78 Å². The van der Waals surface area contributed by atoms with Gasteiger partial charge in [-0.15, -0.1) is 11.3 Å². The molecule has 3 nitrogen and oxygen atoms in total. The summed E-state index contributed by atoms with van der Waals surface area (Å²) in [6.45, 7) is 2.34. The van der Waals surface area contributed by atoms with E-state index in [1.807, 2.05) is 19.1 Å². The molecule has 2 aromatic rings. The lowest BCUT2D eigenvalue weighted by Gasteiger charge is -2.04. The van der Waals surface area contributed by atoms with E-state index < -0.39 is 17.7 Å². The van der Waals surface area contributed by atoms with Crippen molar-refractivity contribution in [3.8, 4) is 0 Å². The monoisotopic (exact) mass is 282 g/mol. The topological polar surface area (TPSA) is 42.0 Å².